The Morgan fingerprint density at radius 1 is 1.03 bits per heavy atom. The molecular weight excluding hydrogens is 418 g/mol. The molecule has 1 saturated heterocycles. The van der Waals surface area contributed by atoms with Crippen LogP contribution in [0.15, 0.2) is 53.6 Å². The van der Waals surface area contributed by atoms with Crippen LogP contribution < -0.4 is 15.9 Å². The molecule has 0 aliphatic carbocycles. The quantitative estimate of drug-likeness (QED) is 0.521. The molecule has 0 radical (unpaired) electrons. The van der Waals surface area contributed by atoms with Gasteiger partial charge in [-0.25, -0.2) is 19.6 Å². The van der Waals surface area contributed by atoms with E-state index < -0.39 is 0 Å². The molecule has 0 saturated carbocycles. The van der Waals surface area contributed by atoms with Crippen molar-refractivity contribution in [3.05, 3.63) is 64.8 Å². The normalized spacial score (nSPS) is 14.2. The van der Waals surface area contributed by atoms with Crippen molar-refractivity contribution >= 4 is 33.8 Å². The summed E-state index contributed by atoms with van der Waals surface area (Å²) in [6.07, 6.45) is 1.57. The summed E-state index contributed by atoms with van der Waals surface area (Å²) in [6, 6.07) is 13.8. The average molecular weight is 446 g/mol. The Morgan fingerprint density at radius 2 is 1.79 bits per heavy atom. The number of hydrogen-bond acceptors (Lipinski definition) is 5. The highest BCUT2D eigenvalue weighted by Crippen LogP contribution is 2.28. The second-order valence-electron chi connectivity index (χ2n) is 8.26. The lowest BCUT2D eigenvalue weighted by Gasteiger charge is -2.35. The Labute approximate surface area is 191 Å². The summed E-state index contributed by atoms with van der Waals surface area (Å²) in [7, 11) is 1.79. The minimum absolute atomic E-state index is 0.0348. The summed E-state index contributed by atoms with van der Waals surface area (Å²) < 4.78 is 3.42. The van der Waals surface area contributed by atoms with Gasteiger partial charge in [-0.3, -0.25) is 9.13 Å². The molecule has 2 aromatic heterocycles. The first-order chi connectivity index (χ1) is 16.1. The monoisotopic (exact) mass is 445 g/mol. The zero-order chi connectivity index (χ0) is 22.9. The molecule has 4 aromatic rings. The second kappa shape index (κ2) is 8.57. The molecule has 9 nitrogen and oxygen atoms in total. The van der Waals surface area contributed by atoms with Crippen molar-refractivity contribution in [1.82, 2.24) is 29.3 Å². The molecule has 33 heavy (non-hydrogen) atoms. The first kappa shape index (κ1) is 21.0. The van der Waals surface area contributed by atoms with Crippen LogP contribution in [-0.4, -0.2) is 56.2 Å². The van der Waals surface area contributed by atoms with Gasteiger partial charge in [0.2, 0.25) is 0 Å². The second-order valence-corrected chi connectivity index (χ2v) is 8.26. The SMILES string of the molecule is CCn1c(=O)n(C)c2cc3c(N4CCN(C(=O)NCc5ccccc5)CC4)ncnc3cc21. The van der Waals surface area contributed by atoms with E-state index in [1.54, 1.807) is 22.5 Å². The third-order valence-corrected chi connectivity index (χ3v) is 6.35. The largest absolute Gasteiger partial charge is 0.352 e. The Morgan fingerprint density at radius 3 is 2.52 bits per heavy atom. The molecule has 0 atom stereocenters. The fourth-order valence-corrected chi connectivity index (χ4v) is 4.50. The molecule has 2 aromatic carbocycles. The van der Waals surface area contributed by atoms with Gasteiger partial charge in [0.05, 0.1) is 16.6 Å². The molecule has 0 spiro atoms. The fraction of sp³-hybridized carbons (Fsp3) is 0.333. The van der Waals surface area contributed by atoms with E-state index in [1.807, 2.05) is 54.3 Å². The highest BCUT2D eigenvalue weighted by atomic mass is 16.2. The predicted molar refractivity (Wildman–Crippen MR) is 128 cm³/mol. The summed E-state index contributed by atoms with van der Waals surface area (Å²) in [5, 5.41) is 3.91. The number of fused-ring (bicyclic) bond motifs is 2. The molecule has 3 heterocycles. The van der Waals surface area contributed by atoms with Crippen molar-refractivity contribution in [2.45, 2.75) is 20.0 Å². The molecule has 0 bridgehead atoms. The van der Waals surface area contributed by atoms with Gasteiger partial charge in [-0.05, 0) is 24.6 Å². The maximum atomic E-state index is 12.6. The topological polar surface area (TPSA) is 88.3 Å². The molecule has 0 unspecified atom stereocenters. The minimum Gasteiger partial charge on any atom is -0.352 e. The van der Waals surface area contributed by atoms with Crippen LogP contribution in [0.1, 0.15) is 12.5 Å². The third-order valence-electron chi connectivity index (χ3n) is 6.35. The number of aryl methyl sites for hydroxylation is 2. The third kappa shape index (κ3) is 3.79. The van der Waals surface area contributed by atoms with E-state index in [9.17, 15) is 9.59 Å². The number of carbonyl (C=O) groups is 1. The summed E-state index contributed by atoms with van der Waals surface area (Å²) in [4.78, 5) is 38.2. The number of nitrogens with zero attached hydrogens (tertiary/aromatic N) is 6. The van der Waals surface area contributed by atoms with E-state index in [4.69, 9.17) is 0 Å². The van der Waals surface area contributed by atoms with Gasteiger partial charge in [-0.2, -0.15) is 0 Å². The molecule has 2 amide bonds. The summed E-state index contributed by atoms with van der Waals surface area (Å²) in [5.74, 6) is 0.836. The number of rotatable bonds is 4. The van der Waals surface area contributed by atoms with E-state index in [1.165, 1.54) is 0 Å². The lowest BCUT2D eigenvalue weighted by molar-refractivity contribution is 0.194. The summed E-state index contributed by atoms with van der Waals surface area (Å²) in [6.45, 7) is 5.66. The molecule has 1 aliphatic rings. The van der Waals surface area contributed by atoms with Gasteiger partial charge in [0, 0.05) is 51.7 Å². The number of carbonyl (C=O) groups excluding carboxylic acids is 1. The highest BCUT2D eigenvalue weighted by Gasteiger charge is 2.23. The van der Waals surface area contributed by atoms with Gasteiger partial charge in [0.1, 0.15) is 12.1 Å². The van der Waals surface area contributed by atoms with Crippen LogP contribution in [0.3, 0.4) is 0 Å². The number of aromatic nitrogens is 4. The first-order valence-corrected chi connectivity index (χ1v) is 11.2. The van der Waals surface area contributed by atoms with Crippen molar-refractivity contribution in [2.24, 2.45) is 7.05 Å². The zero-order valence-electron chi connectivity index (χ0n) is 18.9. The number of amides is 2. The van der Waals surface area contributed by atoms with Gasteiger partial charge < -0.3 is 15.1 Å². The van der Waals surface area contributed by atoms with Crippen LogP contribution in [0.4, 0.5) is 10.6 Å². The highest BCUT2D eigenvalue weighted by molar-refractivity contribution is 5.99. The van der Waals surface area contributed by atoms with E-state index >= 15 is 0 Å². The van der Waals surface area contributed by atoms with E-state index in [0.717, 1.165) is 33.3 Å². The minimum atomic E-state index is -0.0522. The summed E-state index contributed by atoms with van der Waals surface area (Å²) in [5.41, 5.74) is 3.59. The van der Waals surface area contributed by atoms with Crippen LogP contribution in [0.25, 0.3) is 21.9 Å². The lowest BCUT2D eigenvalue weighted by atomic mass is 10.2. The van der Waals surface area contributed by atoms with Crippen LogP contribution in [0.5, 0.6) is 0 Å². The molecule has 170 valence electrons. The number of benzene rings is 2. The number of nitrogens with one attached hydrogen (secondary N) is 1. The van der Waals surface area contributed by atoms with Crippen molar-refractivity contribution in [2.75, 3.05) is 31.1 Å². The van der Waals surface area contributed by atoms with Gasteiger partial charge in [0.15, 0.2) is 0 Å². The van der Waals surface area contributed by atoms with E-state index in [0.29, 0.717) is 39.3 Å². The number of urea groups is 1. The van der Waals surface area contributed by atoms with Crippen LogP contribution >= 0.6 is 0 Å². The molecule has 1 fully saturated rings. The first-order valence-electron chi connectivity index (χ1n) is 11.2. The average Bonchev–Trinajstić information content (AvgIpc) is 3.10. The molecular formula is C24H27N7O2. The number of hydrogen-bond donors (Lipinski definition) is 1. The van der Waals surface area contributed by atoms with Crippen LogP contribution in [-0.2, 0) is 20.1 Å². The van der Waals surface area contributed by atoms with E-state index in [2.05, 4.69) is 20.2 Å². The Bertz CT molecular complexity index is 1370. The molecule has 5 rings (SSSR count). The van der Waals surface area contributed by atoms with Crippen LogP contribution in [0, 0.1) is 0 Å². The standard InChI is InChI=1S/C24H27N7O2/c1-3-31-21-14-19-18(13-20(21)28(2)24(31)33)22(27-16-26-19)29-9-11-30(12-10-29)23(32)25-15-17-7-5-4-6-8-17/h4-8,13-14,16H,3,9-12,15H2,1-2H3,(H,25,32). The Hall–Kier alpha value is -3.88. The maximum absolute atomic E-state index is 12.6. The Kier molecular flexibility index (Phi) is 5.45. The van der Waals surface area contributed by atoms with Crippen molar-refractivity contribution in [1.29, 1.82) is 0 Å². The van der Waals surface area contributed by atoms with Gasteiger partial charge >= 0.3 is 11.7 Å². The fourth-order valence-electron chi connectivity index (χ4n) is 4.50. The maximum Gasteiger partial charge on any atom is 0.328 e. The molecule has 1 aliphatic heterocycles. The number of anilines is 1. The molecule has 1 N–H and O–H groups in total. The zero-order valence-corrected chi connectivity index (χ0v) is 18.9. The van der Waals surface area contributed by atoms with Crippen LogP contribution in [0.2, 0.25) is 0 Å². The Balaban J connectivity index is 1.34. The predicted octanol–water partition coefficient (Wildman–Crippen LogP) is 2.33. The molecule has 9 heteroatoms. The van der Waals surface area contributed by atoms with Crippen molar-refractivity contribution < 1.29 is 4.79 Å². The van der Waals surface area contributed by atoms with Crippen molar-refractivity contribution in [3.63, 3.8) is 0 Å². The van der Waals surface area contributed by atoms with Gasteiger partial charge in [0.25, 0.3) is 0 Å². The van der Waals surface area contributed by atoms with E-state index in [-0.39, 0.29) is 11.7 Å². The smallest absolute Gasteiger partial charge is 0.328 e. The lowest BCUT2D eigenvalue weighted by Crippen LogP contribution is -2.52. The number of piperazine rings is 1. The summed E-state index contributed by atoms with van der Waals surface area (Å²) >= 11 is 0. The van der Waals surface area contributed by atoms with Crippen molar-refractivity contribution in [3.8, 4) is 0 Å². The number of imidazole rings is 1. The van der Waals surface area contributed by atoms with Gasteiger partial charge in [-0.15, -0.1) is 0 Å². The van der Waals surface area contributed by atoms with Gasteiger partial charge in [-0.1, -0.05) is 30.3 Å².